The molecule has 2 aromatic rings. The van der Waals surface area contributed by atoms with Crippen molar-refractivity contribution in [1.82, 2.24) is 5.32 Å². The molecule has 0 bridgehead atoms. The molecule has 0 aliphatic carbocycles. The molecule has 0 radical (unpaired) electrons. The Balaban J connectivity index is 1.99. The van der Waals surface area contributed by atoms with Crippen LogP contribution < -0.4 is 14.8 Å². The zero-order valence-corrected chi connectivity index (χ0v) is 14.3. The Morgan fingerprint density at radius 2 is 1.92 bits per heavy atom. The van der Waals surface area contributed by atoms with E-state index >= 15 is 0 Å². The van der Waals surface area contributed by atoms with Gasteiger partial charge in [0.25, 0.3) is 0 Å². The summed E-state index contributed by atoms with van der Waals surface area (Å²) in [6, 6.07) is 15.4. The molecule has 0 saturated carbocycles. The van der Waals surface area contributed by atoms with Crippen molar-refractivity contribution >= 4 is 0 Å². The number of aliphatic hydroxyl groups is 1. The molecule has 4 heteroatoms. The lowest BCUT2D eigenvalue weighted by molar-refractivity contribution is 0.174. The minimum Gasteiger partial charge on any atom is -0.493 e. The van der Waals surface area contributed by atoms with Crippen LogP contribution in [0.25, 0.3) is 0 Å². The predicted octanol–water partition coefficient (Wildman–Crippen LogP) is 3.47. The summed E-state index contributed by atoms with van der Waals surface area (Å²) in [4.78, 5) is 0. The van der Waals surface area contributed by atoms with Crippen molar-refractivity contribution in [2.45, 2.75) is 19.6 Å². The number of benzene rings is 2. The molecule has 4 nitrogen and oxygen atoms in total. The summed E-state index contributed by atoms with van der Waals surface area (Å²) < 4.78 is 11.2. The Bertz CT molecular complexity index is 655. The zero-order valence-electron chi connectivity index (χ0n) is 14.3. The quantitative estimate of drug-likeness (QED) is 0.693. The third kappa shape index (κ3) is 5.11. The van der Waals surface area contributed by atoms with Crippen LogP contribution in [-0.2, 0) is 6.54 Å². The Morgan fingerprint density at radius 3 is 2.58 bits per heavy atom. The molecule has 24 heavy (non-hydrogen) atoms. The van der Waals surface area contributed by atoms with E-state index < -0.39 is 6.10 Å². The highest BCUT2D eigenvalue weighted by molar-refractivity contribution is 5.46. The summed E-state index contributed by atoms with van der Waals surface area (Å²) in [5, 5.41) is 13.5. The van der Waals surface area contributed by atoms with Gasteiger partial charge in [-0.15, -0.1) is 0 Å². The number of methoxy groups -OCH3 is 1. The van der Waals surface area contributed by atoms with Crippen molar-refractivity contribution in [3.05, 3.63) is 71.8 Å². The normalized spacial score (nSPS) is 11.8. The number of rotatable bonds is 9. The lowest BCUT2D eigenvalue weighted by Crippen LogP contribution is -2.21. The summed E-state index contributed by atoms with van der Waals surface area (Å²) in [7, 11) is 1.62. The largest absolute Gasteiger partial charge is 0.493 e. The zero-order chi connectivity index (χ0) is 17.4. The second kappa shape index (κ2) is 9.11. The van der Waals surface area contributed by atoms with E-state index in [4.69, 9.17) is 9.47 Å². The van der Waals surface area contributed by atoms with E-state index in [0.717, 1.165) is 16.7 Å². The number of para-hydroxylation sites is 1. The average Bonchev–Trinajstić information content (AvgIpc) is 2.60. The maximum absolute atomic E-state index is 10.2. The van der Waals surface area contributed by atoms with Crippen LogP contribution in [-0.4, -0.2) is 25.4 Å². The van der Waals surface area contributed by atoms with Crippen LogP contribution in [0.15, 0.2) is 60.7 Å². The molecule has 0 saturated heterocycles. The van der Waals surface area contributed by atoms with Gasteiger partial charge in [0.2, 0.25) is 0 Å². The number of hydrogen-bond donors (Lipinski definition) is 2. The number of aliphatic hydroxyl groups excluding tert-OH is 1. The molecule has 2 rings (SSSR count). The van der Waals surface area contributed by atoms with Crippen molar-refractivity contribution in [1.29, 1.82) is 0 Å². The average molecular weight is 327 g/mol. The molecule has 1 unspecified atom stereocenters. The molecule has 0 spiro atoms. The molecule has 0 fully saturated rings. The van der Waals surface area contributed by atoms with E-state index in [-0.39, 0.29) is 0 Å². The van der Waals surface area contributed by atoms with Gasteiger partial charge in [0.1, 0.15) is 6.61 Å². The van der Waals surface area contributed by atoms with E-state index in [2.05, 4.69) is 11.9 Å². The summed E-state index contributed by atoms with van der Waals surface area (Å²) in [6.45, 7) is 7.26. The van der Waals surface area contributed by atoms with Crippen LogP contribution in [0, 0.1) is 0 Å². The van der Waals surface area contributed by atoms with Crippen LogP contribution in [0.4, 0.5) is 0 Å². The fourth-order valence-corrected chi connectivity index (χ4v) is 2.36. The monoisotopic (exact) mass is 327 g/mol. The van der Waals surface area contributed by atoms with Gasteiger partial charge >= 0.3 is 0 Å². The first kappa shape index (κ1) is 18.0. The number of nitrogens with one attached hydrogen (secondary N) is 1. The van der Waals surface area contributed by atoms with Gasteiger partial charge in [-0.1, -0.05) is 49.0 Å². The SMILES string of the molecule is C=C(C)COc1c(CNCC(O)c2ccccc2)cccc1OC. The third-order valence-electron chi connectivity index (χ3n) is 3.58. The van der Waals surface area contributed by atoms with Crippen LogP contribution in [0.2, 0.25) is 0 Å². The standard InChI is InChI=1S/C20H25NO3/c1-15(2)14-24-20-17(10-7-11-19(20)23-3)12-21-13-18(22)16-8-5-4-6-9-16/h4-11,18,21-22H,1,12-14H2,2-3H3. The minimum absolute atomic E-state index is 0.444. The summed E-state index contributed by atoms with van der Waals surface area (Å²) in [5.74, 6) is 1.41. The van der Waals surface area contributed by atoms with Gasteiger partial charge in [-0.2, -0.15) is 0 Å². The summed E-state index contributed by atoms with van der Waals surface area (Å²) >= 11 is 0. The van der Waals surface area contributed by atoms with Crippen LogP contribution in [0.5, 0.6) is 11.5 Å². The van der Waals surface area contributed by atoms with E-state index in [0.29, 0.717) is 31.2 Å². The first-order valence-electron chi connectivity index (χ1n) is 7.98. The molecule has 0 aliphatic heterocycles. The summed E-state index contributed by atoms with van der Waals surface area (Å²) in [5.41, 5.74) is 2.82. The van der Waals surface area contributed by atoms with Gasteiger partial charge in [-0.25, -0.2) is 0 Å². The smallest absolute Gasteiger partial charge is 0.166 e. The number of hydrogen-bond acceptors (Lipinski definition) is 4. The van der Waals surface area contributed by atoms with Crippen molar-refractivity contribution < 1.29 is 14.6 Å². The molecule has 0 heterocycles. The van der Waals surface area contributed by atoms with Crippen LogP contribution in [0.3, 0.4) is 0 Å². The topological polar surface area (TPSA) is 50.7 Å². The van der Waals surface area contributed by atoms with Crippen molar-refractivity contribution in [2.75, 3.05) is 20.3 Å². The first-order chi connectivity index (χ1) is 11.6. The van der Waals surface area contributed by atoms with Gasteiger partial charge in [0.15, 0.2) is 11.5 Å². The Morgan fingerprint density at radius 1 is 1.17 bits per heavy atom. The maximum atomic E-state index is 10.2. The molecular formula is C20H25NO3. The summed E-state index contributed by atoms with van der Waals surface area (Å²) in [6.07, 6.45) is -0.545. The van der Waals surface area contributed by atoms with Gasteiger partial charge in [0.05, 0.1) is 13.2 Å². The molecular weight excluding hydrogens is 302 g/mol. The molecule has 2 aromatic carbocycles. The third-order valence-corrected chi connectivity index (χ3v) is 3.58. The second-order valence-electron chi connectivity index (χ2n) is 5.75. The van der Waals surface area contributed by atoms with E-state index in [1.165, 1.54) is 0 Å². The van der Waals surface area contributed by atoms with E-state index in [1.807, 2.05) is 55.5 Å². The lowest BCUT2D eigenvalue weighted by atomic mass is 10.1. The molecule has 1 atom stereocenters. The Kier molecular flexibility index (Phi) is 6.85. The predicted molar refractivity (Wildman–Crippen MR) is 96.4 cm³/mol. The molecule has 128 valence electrons. The van der Waals surface area contributed by atoms with Crippen molar-refractivity contribution in [3.63, 3.8) is 0 Å². The Hall–Kier alpha value is -2.30. The van der Waals surface area contributed by atoms with Crippen molar-refractivity contribution in [2.24, 2.45) is 0 Å². The highest BCUT2D eigenvalue weighted by Gasteiger charge is 2.12. The molecule has 0 aromatic heterocycles. The van der Waals surface area contributed by atoms with Crippen LogP contribution in [0.1, 0.15) is 24.2 Å². The maximum Gasteiger partial charge on any atom is 0.166 e. The van der Waals surface area contributed by atoms with Crippen LogP contribution >= 0.6 is 0 Å². The highest BCUT2D eigenvalue weighted by Crippen LogP contribution is 2.31. The van der Waals surface area contributed by atoms with Gasteiger partial charge in [0, 0.05) is 18.7 Å². The lowest BCUT2D eigenvalue weighted by Gasteiger charge is -2.17. The first-order valence-corrected chi connectivity index (χ1v) is 7.98. The van der Waals surface area contributed by atoms with Gasteiger partial charge in [-0.05, 0) is 24.1 Å². The Labute approximate surface area is 143 Å². The van der Waals surface area contributed by atoms with Gasteiger partial charge < -0.3 is 19.9 Å². The van der Waals surface area contributed by atoms with E-state index in [1.54, 1.807) is 7.11 Å². The number of ether oxygens (including phenoxy) is 2. The van der Waals surface area contributed by atoms with Crippen molar-refractivity contribution in [3.8, 4) is 11.5 Å². The molecule has 0 amide bonds. The second-order valence-corrected chi connectivity index (χ2v) is 5.75. The van der Waals surface area contributed by atoms with Gasteiger partial charge in [-0.3, -0.25) is 0 Å². The minimum atomic E-state index is -0.545. The fourth-order valence-electron chi connectivity index (χ4n) is 2.36. The van der Waals surface area contributed by atoms with E-state index in [9.17, 15) is 5.11 Å². The fraction of sp³-hybridized carbons (Fsp3) is 0.300. The highest BCUT2D eigenvalue weighted by atomic mass is 16.5. The molecule has 0 aliphatic rings. The molecule has 2 N–H and O–H groups in total.